The van der Waals surface area contributed by atoms with Gasteiger partial charge in [0.05, 0.1) is 12.7 Å². The van der Waals surface area contributed by atoms with Crippen molar-refractivity contribution in [3.05, 3.63) is 94.5 Å². The molecule has 0 aliphatic carbocycles. The van der Waals surface area contributed by atoms with Crippen molar-refractivity contribution in [3.63, 3.8) is 0 Å². The van der Waals surface area contributed by atoms with Crippen LogP contribution in [0.5, 0.6) is 0 Å². The molecule has 0 bridgehead atoms. The number of amidine groups is 1. The van der Waals surface area contributed by atoms with Gasteiger partial charge < -0.3 is 15.8 Å². The van der Waals surface area contributed by atoms with Crippen LogP contribution in [0.1, 0.15) is 49.1 Å². The van der Waals surface area contributed by atoms with Gasteiger partial charge in [-0.15, -0.1) is 0 Å². The first kappa shape index (κ1) is 22.4. The quantitative estimate of drug-likeness (QED) is 0.229. The fraction of sp³-hybridized carbons (Fsp3) is 0.120. The van der Waals surface area contributed by atoms with E-state index in [4.69, 9.17) is 15.9 Å². The number of ketones is 1. The van der Waals surface area contributed by atoms with Gasteiger partial charge in [-0.25, -0.2) is 4.79 Å². The molecule has 0 aliphatic rings. The molecule has 3 aromatic rings. The van der Waals surface area contributed by atoms with Crippen molar-refractivity contribution < 1.29 is 19.1 Å². The van der Waals surface area contributed by atoms with E-state index < -0.39 is 5.97 Å². The average molecular weight is 429 g/mol. The number of benzene rings is 3. The third-order valence-corrected chi connectivity index (χ3v) is 4.93. The van der Waals surface area contributed by atoms with Crippen molar-refractivity contribution in [1.29, 1.82) is 5.41 Å². The maximum atomic E-state index is 12.5. The molecule has 0 aliphatic heterocycles. The molecule has 3 rings (SSSR count). The van der Waals surface area contributed by atoms with E-state index in [0.29, 0.717) is 27.8 Å². The molecule has 0 heterocycles. The molecule has 0 unspecified atom stereocenters. The minimum absolute atomic E-state index is 0.0562. The van der Waals surface area contributed by atoms with Gasteiger partial charge in [0.25, 0.3) is 5.91 Å². The number of carbonyl (C=O) groups excluding carboxylic acids is 3. The molecular formula is C25H23N3O4. The number of nitrogens with one attached hydrogen (secondary N) is 2. The molecule has 7 nitrogen and oxygen atoms in total. The van der Waals surface area contributed by atoms with E-state index in [1.165, 1.54) is 14.0 Å². The molecule has 7 heteroatoms. The van der Waals surface area contributed by atoms with Crippen LogP contribution in [0.4, 0.5) is 0 Å². The second kappa shape index (κ2) is 9.70. The van der Waals surface area contributed by atoms with E-state index in [1.807, 2.05) is 12.1 Å². The zero-order valence-corrected chi connectivity index (χ0v) is 17.8. The zero-order chi connectivity index (χ0) is 23.3. The first-order valence-corrected chi connectivity index (χ1v) is 9.85. The lowest BCUT2D eigenvalue weighted by Gasteiger charge is -2.11. The normalized spacial score (nSPS) is 10.3. The number of Topliss-reactive ketones (excluding diaryl/α,β-unsaturated/α-hetero) is 1. The van der Waals surface area contributed by atoms with Crippen LogP contribution in [-0.4, -0.2) is 30.6 Å². The molecule has 0 atom stereocenters. The highest BCUT2D eigenvalue weighted by molar-refractivity contribution is 5.98. The highest BCUT2D eigenvalue weighted by atomic mass is 16.5. The predicted octanol–water partition coefficient (Wildman–Crippen LogP) is 3.56. The van der Waals surface area contributed by atoms with Crippen LogP contribution in [0.15, 0.2) is 66.7 Å². The highest BCUT2D eigenvalue weighted by Crippen LogP contribution is 2.24. The van der Waals surface area contributed by atoms with Crippen molar-refractivity contribution in [2.24, 2.45) is 5.73 Å². The van der Waals surface area contributed by atoms with E-state index in [9.17, 15) is 14.4 Å². The number of hydrogen-bond acceptors (Lipinski definition) is 5. The Morgan fingerprint density at radius 1 is 0.875 bits per heavy atom. The summed E-state index contributed by atoms with van der Waals surface area (Å²) in [5.41, 5.74) is 9.66. The van der Waals surface area contributed by atoms with Crippen LogP contribution < -0.4 is 11.1 Å². The van der Waals surface area contributed by atoms with E-state index in [-0.39, 0.29) is 24.1 Å². The molecule has 0 radical (unpaired) electrons. The van der Waals surface area contributed by atoms with Gasteiger partial charge in [-0.1, -0.05) is 30.3 Å². The van der Waals surface area contributed by atoms with Crippen LogP contribution in [0.2, 0.25) is 0 Å². The van der Waals surface area contributed by atoms with Crippen LogP contribution in [-0.2, 0) is 11.3 Å². The van der Waals surface area contributed by atoms with Gasteiger partial charge in [0.15, 0.2) is 5.78 Å². The third kappa shape index (κ3) is 5.26. The van der Waals surface area contributed by atoms with Gasteiger partial charge in [0.1, 0.15) is 5.84 Å². The zero-order valence-electron chi connectivity index (χ0n) is 17.8. The topological polar surface area (TPSA) is 122 Å². The molecule has 0 saturated carbocycles. The minimum Gasteiger partial charge on any atom is -0.465 e. The van der Waals surface area contributed by atoms with Crippen molar-refractivity contribution in [1.82, 2.24) is 5.32 Å². The molecule has 1 amide bonds. The van der Waals surface area contributed by atoms with Crippen molar-refractivity contribution >= 4 is 23.5 Å². The van der Waals surface area contributed by atoms with Crippen LogP contribution in [0, 0.1) is 5.41 Å². The number of amides is 1. The smallest absolute Gasteiger partial charge is 0.337 e. The summed E-state index contributed by atoms with van der Waals surface area (Å²) in [5, 5.41) is 10.5. The van der Waals surface area contributed by atoms with Crippen LogP contribution in [0.25, 0.3) is 11.1 Å². The van der Waals surface area contributed by atoms with Gasteiger partial charge in [-0.2, -0.15) is 0 Å². The molecule has 32 heavy (non-hydrogen) atoms. The number of carbonyl (C=O) groups is 3. The fourth-order valence-electron chi connectivity index (χ4n) is 3.20. The van der Waals surface area contributed by atoms with Crippen molar-refractivity contribution in [2.75, 3.05) is 7.11 Å². The second-order valence-corrected chi connectivity index (χ2v) is 7.22. The fourth-order valence-corrected chi connectivity index (χ4v) is 3.20. The number of rotatable bonds is 7. The Balaban J connectivity index is 1.87. The highest BCUT2D eigenvalue weighted by Gasteiger charge is 2.13. The first-order valence-electron chi connectivity index (χ1n) is 9.85. The molecule has 4 N–H and O–H groups in total. The van der Waals surface area contributed by atoms with E-state index >= 15 is 0 Å². The summed E-state index contributed by atoms with van der Waals surface area (Å²) in [5.74, 6) is -0.928. The number of esters is 1. The molecule has 0 aromatic heterocycles. The standard InChI is InChI=1S/C25H23N3O4/c1-15(29)17-6-8-18(9-7-17)24(30)28-14-16-10-21(13-22(11-16)25(31)32-2)19-4-3-5-20(12-19)23(26)27/h3-13H,14H2,1-2H3,(H3,26,27)(H,28,30). The maximum absolute atomic E-state index is 12.5. The molecule has 0 fully saturated rings. The van der Waals surface area contributed by atoms with Crippen molar-refractivity contribution in [3.8, 4) is 11.1 Å². The van der Waals surface area contributed by atoms with E-state index in [0.717, 1.165) is 11.1 Å². The summed E-state index contributed by atoms with van der Waals surface area (Å²) >= 11 is 0. The summed E-state index contributed by atoms with van der Waals surface area (Å²) in [4.78, 5) is 36.1. The predicted molar refractivity (Wildman–Crippen MR) is 122 cm³/mol. The van der Waals surface area contributed by atoms with Crippen molar-refractivity contribution in [2.45, 2.75) is 13.5 Å². The van der Waals surface area contributed by atoms with Gasteiger partial charge in [-0.3, -0.25) is 15.0 Å². The summed E-state index contributed by atoms with van der Waals surface area (Å²) in [6.45, 7) is 1.64. The number of nitrogen functional groups attached to an aromatic ring is 1. The summed E-state index contributed by atoms with van der Waals surface area (Å²) < 4.78 is 4.86. The number of hydrogen-bond donors (Lipinski definition) is 3. The molecule has 0 saturated heterocycles. The molecular weight excluding hydrogens is 406 g/mol. The largest absolute Gasteiger partial charge is 0.465 e. The summed E-state index contributed by atoms with van der Waals surface area (Å²) in [6.07, 6.45) is 0. The average Bonchev–Trinajstić information content (AvgIpc) is 2.81. The maximum Gasteiger partial charge on any atom is 0.337 e. The first-order chi connectivity index (χ1) is 15.3. The Labute approximate surface area is 185 Å². The molecule has 162 valence electrons. The van der Waals surface area contributed by atoms with Gasteiger partial charge in [-0.05, 0) is 60.0 Å². The van der Waals surface area contributed by atoms with E-state index in [1.54, 1.807) is 54.6 Å². The number of ether oxygens (including phenoxy) is 1. The summed E-state index contributed by atoms with van der Waals surface area (Å²) in [7, 11) is 1.30. The summed E-state index contributed by atoms with van der Waals surface area (Å²) in [6, 6.07) is 18.7. The Morgan fingerprint density at radius 3 is 2.16 bits per heavy atom. The van der Waals surface area contributed by atoms with Crippen LogP contribution >= 0.6 is 0 Å². The molecule has 0 spiro atoms. The lowest BCUT2D eigenvalue weighted by molar-refractivity contribution is 0.0600. The Bertz CT molecular complexity index is 1200. The van der Waals surface area contributed by atoms with Crippen LogP contribution in [0.3, 0.4) is 0 Å². The lowest BCUT2D eigenvalue weighted by atomic mass is 9.98. The van der Waals surface area contributed by atoms with E-state index in [2.05, 4.69) is 5.32 Å². The second-order valence-electron chi connectivity index (χ2n) is 7.22. The van der Waals surface area contributed by atoms with Gasteiger partial charge >= 0.3 is 5.97 Å². The Hall–Kier alpha value is -4.26. The number of methoxy groups -OCH3 is 1. The monoisotopic (exact) mass is 429 g/mol. The Morgan fingerprint density at radius 2 is 1.53 bits per heavy atom. The minimum atomic E-state index is -0.498. The van der Waals surface area contributed by atoms with Gasteiger partial charge in [0, 0.05) is 23.2 Å². The molecule has 3 aromatic carbocycles. The lowest BCUT2D eigenvalue weighted by Crippen LogP contribution is -2.23. The number of nitrogens with two attached hydrogens (primary N) is 1. The Kier molecular flexibility index (Phi) is 6.80. The third-order valence-electron chi connectivity index (χ3n) is 4.93. The SMILES string of the molecule is COC(=O)c1cc(CNC(=O)c2ccc(C(C)=O)cc2)cc(-c2cccc(C(=N)N)c2)c1. The van der Waals surface area contributed by atoms with Gasteiger partial charge in [0.2, 0.25) is 0 Å².